The molecule has 2 aromatic rings. The number of aromatic carboxylic acids is 1. The standard InChI is InChI=1S/C12H11ClN2O5S.C3H4O2/c13-9-5-10(15-6-7-2-1-3-20-7)8(12(16)17)4-11(9)21(14,18)19;1-2-3(4)5/h1-5,15H,6H2,(H,16,17)(H2,14,18,19);2H,1H2,(H,4,5). The van der Waals surface area contributed by atoms with Crippen LogP contribution in [-0.2, 0) is 21.4 Å². The lowest BCUT2D eigenvalue weighted by Gasteiger charge is -2.11. The van der Waals surface area contributed by atoms with Crippen molar-refractivity contribution in [2.45, 2.75) is 11.4 Å². The summed E-state index contributed by atoms with van der Waals surface area (Å²) < 4.78 is 27.8. The third-order valence-electron chi connectivity index (χ3n) is 2.82. The smallest absolute Gasteiger partial charge is 0.337 e. The lowest BCUT2D eigenvalue weighted by atomic mass is 10.1. The van der Waals surface area contributed by atoms with Gasteiger partial charge in [-0.25, -0.2) is 23.1 Å². The van der Waals surface area contributed by atoms with Gasteiger partial charge in [0.1, 0.15) is 10.7 Å². The topological polar surface area (TPSA) is 160 Å². The summed E-state index contributed by atoms with van der Waals surface area (Å²) in [5.41, 5.74) is -0.0914. The van der Waals surface area contributed by atoms with E-state index in [9.17, 15) is 18.0 Å². The lowest BCUT2D eigenvalue weighted by Crippen LogP contribution is -2.15. The maximum absolute atomic E-state index is 11.3. The molecule has 0 bridgehead atoms. The van der Waals surface area contributed by atoms with E-state index >= 15 is 0 Å². The van der Waals surface area contributed by atoms with E-state index in [1.54, 1.807) is 12.1 Å². The molecule has 26 heavy (non-hydrogen) atoms. The fraction of sp³-hybridized carbons (Fsp3) is 0.0667. The van der Waals surface area contributed by atoms with Crippen molar-refractivity contribution in [3.05, 3.63) is 59.5 Å². The van der Waals surface area contributed by atoms with Crippen LogP contribution >= 0.6 is 11.6 Å². The first kappa shape index (κ1) is 21.2. The molecule has 2 rings (SSSR count). The molecular formula is C15H15ClN2O7S. The molecule has 5 N–H and O–H groups in total. The molecule has 0 amide bonds. The van der Waals surface area contributed by atoms with Crippen LogP contribution in [0.3, 0.4) is 0 Å². The van der Waals surface area contributed by atoms with E-state index in [4.69, 9.17) is 31.4 Å². The van der Waals surface area contributed by atoms with E-state index in [-0.39, 0.29) is 22.8 Å². The van der Waals surface area contributed by atoms with E-state index in [0.29, 0.717) is 5.76 Å². The van der Waals surface area contributed by atoms with Crippen LogP contribution in [0.1, 0.15) is 16.1 Å². The lowest BCUT2D eigenvalue weighted by molar-refractivity contribution is -0.131. The second-order valence-electron chi connectivity index (χ2n) is 4.65. The van der Waals surface area contributed by atoms with Crippen LogP contribution in [0, 0.1) is 0 Å². The van der Waals surface area contributed by atoms with Gasteiger partial charge in [0, 0.05) is 6.08 Å². The Balaban J connectivity index is 0.000000597. The summed E-state index contributed by atoms with van der Waals surface area (Å²) >= 11 is 5.84. The van der Waals surface area contributed by atoms with E-state index in [0.717, 1.165) is 12.1 Å². The van der Waals surface area contributed by atoms with E-state index < -0.39 is 26.9 Å². The largest absolute Gasteiger partial charge is 0.478 e. The summed E-state index contributed by atoms with van der Waals surface area (Å²) in [6.45, 7) is 3.18. The monoisotopic (exact) mass is 402 g/mol. The Morgan fingerprint density at radius 3 is 2.38 bits per heavy atom. The van der Waals surface area contributed by atoms with E-state index in [1.807, 2.05) is 0 Å². The fourth-order valence-corrected chi connectivity index (χ4v) is 2.79. The number of carbonyl (C=O) groups is 2. The van der Waals surface area contributed by atoms with Gasteiger partial charge in [-0.3, -0.25) is 0 Å². The Kier molecular flexibility index (Phi) is 7.38. The van der Waals surface area contributed by atoms with E-state index in [2.05, 4.69) is 11.9 Å². The number of nitrogens with one attached hydrogen (secondary N) is 1. The Morgan fingerprint density at radius 2 is 1.96 bits per heavy atom. The highest BCUT2D eigenvalue weighted by atomic mass is 35.5. The molecule has 0 aliphatic heterocycles. The molecule has 1 aromatic heterocycles. The predicted octanol–water partition coefficient (Wildman–Crippen LogP) is 2.15. The molecule has 0 fully saturated rings. The maximum Gasteiger partial charge on any atom is 0.337 e. The summed E-state index contributed by atoms with van der Waals surface area (Å²) in [6.07, 6.45) is 2.31. The maximum atomic E-state index is 11.3. The highest BCUT2D eigenvalue weighted by Crippen LogP contribution is 2.28. The summed E-state index contributed by atoms with van der Waals surface area (Å²) in [5, 5.41) is 24.4. The number of benzene rings is 1. The van der Waals surface area contributed by atoms with Crippen LogP contribution < -0.4 is 10.5 Å². The molecule has 140 valence electrons. The van der Waals surface area contributed by atoms with Crippen molar-refractivity contribution >= 4 is 39.3 Å². The molecule has 1 aromatic carbocycles. The molecule has 0 saturated carbocycles. The average molecular weight is 403 g/mol. The van der Waals surface area contributed by atoms with Gasteiger partial charge in [-0.1, -0.05) is 18.2 Å². The number of aliphatic carboxylic acids is 1. The van der Waals surface area contributed by atoms with Crippen molar-refractivity contribution in [2.24, 2.45) is 5.14 Å². The minimum Gasteiger partial charge on any atom is -0.478 e. The van der Waals surface area contributed by atoms with Gasteiger partial charge in [0.15, 0.2) is 0 Å². The van der Waals surface area contributed by atoms with Crippen LogP contribution in [0.2, 0.25) is 5.02 Å². The molecule has 0 saturated heterocycles. The third kappa shape index (κ3) is 6.24. The Morgan fingerprint density at radius 1 is 1.35 bits per heavy atom. The fourth-order valence-electron chi connectivity index (χ4n) is 1.69. The second kappa shape index (κ2) is 9.04. The van der Waals surface area contributed by atoms with Crippen LogP contribution in [0.25, 0.3) is 0 Å². The van der Waals surface area contributed by atoms with Crippen LogP contribution in [0.15, 0.2) is 52.5 Å². The number of carboxylic acids is 2. The first-order valence-electron chi connectivity index (χ1n) is 6.77. The third-order valence-corrected chi connectivity index (χ3v) is 4.19. The number of rotatable bonds is 6. The second-order valence-corrected chi connectivity index (χ2v) is 6.59. The van der Waals surface area contributed by atoms with Crippen molar-refractivity contribution in [3.63, 3.8) is 0 Å². The molecule has 1 heterocycles. The average Bonchev–Trinajstić information content (AvgIpc) is 3.05. The molecule has 0 spiro atoms. The number of hydrogen-bond acceptors (Lipinski definition) is 6. The van der Waals surface area contributed by atoms with Gasteiger partial charge in [0.2, 0.25) is 10.0 Å². The number of anilines is 1. The number of hydrogen-bond donors (Lipinski definition) is 4. The number of carboxylic acid groups (broad SMARTS) is 2. The molecule has 0 unspecified atom stereocenters. The van der Waals surface area contributed by atoms with Gasteiger partial charge in [-0.05, 0) is 24.3 Å². The van der Waals surface area contributed by atoms with Crippen LogP contribution in [-0.4, -0.2) is 30.6 Å². The molecule has 0 aliphatic rings. The Labute approximate surface area is 153 Å². The predicted molar refractivity (Wildman–Crippen MR) is 93.7 cm³/mol. The summed E-state index contributed by atoms with van der Waals surface area (Å²) in [5.74, 6) is -1.71. The number of sulfonamides is 1. The van der Waals surface area contributed by atoms with Crippen LogP contribution in [0.5, 0.6) is 0 Å². The van der Waals surface area contributed by atoms with Crippen molar-refractivity contribution in [1.82, 2.24) is 0 Å². The molecular weight excluding hydrogens is 388 g/mol. The number of nitrogens with two attached hydrogens (primary N) is 1. The number of halogens is 1. The molecule has 0 atom stereocenters. The minimum absolute atomic E-state index is 0.163. The zero-order valence-corrected chi connectivity index (χ0v) is 14.7. The van der Waals surface area contributed by atoms with Gasteiger partial charge in [-0.15, -0.1) is 0 Å². The summed E-state index contributed by atoms with van der Waals surface area (Å²) in [6, 6.07) is 5.51. The highest BCUT2D eigenvalue weighted by molar-refractivity contribution is 7.89. The van der Waals surface area contributed by atoms with Gasteiger partial charge in [0.05, 0.1) is 29.1 Å². The Bertz CT molecular complexity index is 908. The van der Waals surface area contributed by atoms with Gasteiger partial charge < -0.3 is 19.9 Å². The molecule has 9 nitrogen and oxygen atoms in total. The first-order chi connectivity index (χ1) is 12.1. The van der Waals surface area contributed by atoms with E-state index in [1.165, 1.54) is 12.3 Å². The Hall–Kier alpha value is -2.82. The normalized spacial score (nSPS) is 10.4. The van der Waals surface area contributed by atoms with Crippen molar-refractivity contribution < 1.29 is 32.6 Å². The quantitative estimate of drug-likeness (QED) is 0.534. The highest BCUT2D eigenvalue weighted by Gasteiger charge is 2.20. The number of primary sulfonamides is 1. The van der Waals surface area contributed by atoms with Crippen molar-refractivity contribution in [2.75, 3.05) is 5.32 Å². The van der Waals surface area contributed by atoms with Gasteiger partial charge in [-0.2, -0.15) is 0 Å². The SMILES string of the molecule is C=CC(=O)O.NS(=O)(=O)c1cc(C(=O)O)c(NCc2ccco2)cc1Cl. The minimum atomic E-state index is -4.11. The zero-order valence-electron chi connectivity index (χ0n) is 13.2. The summed E-state index contributed by atoms with van der Waals surface area (Å²) in [4.78, 5) is 20.0. The van der Waals surface area contributed by atoms with Crippen molar-refractivity contribution in [3.8, 4) is 0 Å². The van der Waals surface area contributed by atoms with Gasteiger partial charge >= 0.3 is 11.9 Å². The van der Waals surface area contributed by atoms with Crippen LogP contribution in [0.4, 0.5) is 5.69 Å². The van der Waals surface area contributed by atoms with Crippen molar-refractivity contribution in [1.29, 1.82) is 0 Å². The molecule has 0 aliphatic carbocycles. The molecule has 11 heteroatoms. The zero-order chi connectivity index (χ0) is 19.9. The summed E-state index contributed by atoms with van der Waals surface area (Å²) in [7, 11) is -4.11. The molecule has 0 radical (unpaired) electrons. The number of furan rings is 1. The first-order valence-corrected chi connectivity index (χ1v) is 8.70. The van der Waals surface area contributed by atoms with Gasteiger partial charge in [0.25, 0.3) is 0 Å².